The lowest BCUT2D eigenvalue weighted by molar-refractivity contribution is -0.121. The average molecular weight is 438 g/mol. The zero-order valence-electron chi connectivity index (χ0n) is 16.5. The summed E-state index contributed by atoms with van der Waals surface area (Å²) in [6.45, 7) is 2.52. The number of hydrogen-bond donors (Lipinski definition) is 1. The van der Waals surface area contributed by atoms with Gasteiger partial charge in [-0.25, -0.2) is 4.98 Å². The predicted molar refractivity (Wildman–Crippen MR) is 122 cm³/mol. The molecule has 4 nitrogen and oxygen atoms in total. The van der Waals surface area contributed by atoms with Gasteiger partial charge in [0.25, 0.3) is 0 Å². The minimum Gasteiger partial charge on any atom is -0.346 e. The normalized spacial score (nSPS) is 12.1. The first-order valence-corrected chi connectivity index (χ1v) is 10.5. The number of carbonyl (C=O) groups excluding carboxylic acids is 1. The molecular formula is C24H21Cl2N3O. The van der Waals surface area contributed by atoms with E-state index in [9.17, 15) is 4.79 Å². The van der Waals surface area contributed by atoms with Gasteiger partial charge in [0.2, 0.25) is 5.91 Å². The fraction of sp³-hybridized carbons (Fsp3) is 0.167. The highest BCUT2D eigenvalue weighted by Gasteiger charge is 2.19. The first-order chi connectivity index (χ1) is 14.5. The van der Waals surface area contributed by atoms with Crippen LogP contribution in [0.15, 0.2) is 72.8 Å². The summed E-state index contributed by atoms with van der Waals surface area (Å²) in [5.41, 5.74) is 3.81. The van der Waals surface area contributed by atoms with Gasteiger partial charge in [-0.15, -0.1) is 0 Å². The number of nitrogens with zero attached hydrogens (tertiary/aromatic N) is 2. The Morgan fingerprint density at radius 3 is 2.47 bits per heavy atom. The van der Waals surface area contributed by atoms with Gasteiger partial charge in [-0.05, 0) is 48.4 Å². The van der Waals surface area contributed by atoms with Gasteiger partial charge in [0.1, 0.15) is 5.82 Å². The number of halogens is 2. The molecule has 1 unspecified atom stereocenters. The number of amides is 1. The van der Waals surface area contributed by atoms with Gasteiger partial charge in [-0.2, -0.15) is 0 Å². The molecule has 0 radical (unpaired) electrons. The Labute approximate surface area is 185 Å². The molecule has 0 fully saturated rings. The molecule has 1 amide bonds. The van der Waals surface area contributed by atoms with Crippen LogP contribution in [0.1, 0.15) is 29.9 Å². The van der Waals surface area contributed by atoms with Crippen molar-refractivity contribution in [2.45, 2.75) is 25.9 Å². The molecule has 6 heteroatoms. The lowest BCUT2D eigenvalue weighted by Crippen LogP contribution is -2.30. The predicted octanol–water partition coefficient (Wildman–Crippen LogP) is 5.81. The van der Waals surface area contributed by atoms with Crippen molar-refractivity contribution in [2.24, 2.45) is 0 Å². The second-order valence-electron chi connectivity index (χ2n) is 7.23. The summed E-state index contributed by atoms with van der Waals surface area (Å²) in [5.74, 6) is 0.724. The molecule has 0 spiro atoms. The van der Waals surface area contributed by atoms with E-state index in [1.165, 1.54) is 0 Å². The number of hydrogen-bond acceptors (Lipinski definition) is 2. The minimum absolute atomic E-state index is 0.0684. The van der Waals surface area contributed by atoms with Gasteiger partial charge in [0.15, 0.2) is 0 Å². The number of rotatable bonds is 6. The average Bonchev–Trinajstić information content (AvgIpc) is 3.10. The Bertz CT molecular complexity index is 1180. The molecule has 1 aromatic heterocycles. The number of nitrogens with one attached hydrogen (secondary N) is 1. The molecule has 0 saturated carbocycles. The van der Waals surface area contributed by atoms with Crippen molar-refractivity contribution < 1.29 is 4.79 Å². The number of carbonyl (C=O) groups is 1. The van der Waals surface area contributed by atoms with Crippen LogP contribution in [0.3, 0.4) is 0 Å². The van der Waals surface area contributed by atoms with Crippen LogP contribution in [0.4, 0.5) is 0 Å². The van der Waals surface area contributed by atoms with Gasteiger partial charge in [-0.3, -0.25) is 4.79 Å². The fourth-order valence-electron chi connectivity index (χ4n) is 3.53. The minimum atomic E-state index is -0.264. The third-order valence-corrected chi connectivity index (χ3v) is 5.63. The molecule has 1 heterocycles. The molecule has 4 aromatic rings. The smallest absolute Gasteiger partial charge is 0.224 e. The van der Waals surface area contributed by atoms with Crippen LogP contribution in [-0.2, 0) is 17.8 Å². The first-order valence-electron chi connectivity index (χ1n) is 9.73. The van der Waals surface area contributed by atoms with E-state index in [0.29, 0.717) is 16.6 Å². The standard InChI is InChI=1S/C24H21Cl2N3O/c1-16(27-23(30)14-17-10-12-19(25)13-11-17)24-28-21-8-4-5-9-22(21)29(24)15-18-6-2-3-7-20(18)26/h2-13,16H,14-15H2,1H3,(H,27,30). The summed E-state index contributed by atoms with van der Waals surface area (Å²) >= 11 is 12.3. The van der Waals surface area contributed by atoms with Crippen molar-refractivity contribution in [3.05, 3.63) is 99.8 Å². The Balaban J connectivity index is 1.60. The van der Waals surface area contributed by atoms with E-state index in [1.54, 1.807) is 12.1 Å². The highest BCUT2D eigenvalue weighted by Crippen LogP contribution is 2.25. The maximum Gasteiger partial charge on any atom is 0.224 e. The van der Waals surface area contributed by atoms with Crippen molar-refractivity contribution >= 4 is 40.1 Å². The van der Waals surface area contributed by atoms with Crippen LogP contribution in [0.2, 0.25) is 10.0 Å². The van der Waals surface area contributed by atoms with Gasteiger partial charge in [0, 0.05) is 10.0 Å². The lowest BCUT2D eigenvalue weighted by Gasteiger charge is -2.17. The SMILES string of the molecule is CC(NC(=O)Cc1ccc(Cl)cc1)c1nc2ccccc2n1Cc1ccccc1Cl. The highest BCUT2D eigenvalue weighted by atomic mass is 35.5. The number of aromatic nitrogens is 2. The summed E-state index contributed by atoms with van der Waals surface area (Å²) in [5, 5.41) is 4.44. The summed E-state index contributed by atoms with van der Waals surface area (Å²) in [6.07, 6.45) is 0.284. The number of benzene rings is 3. The second-order valence-corrected chi connectivity index (χ2v) is 8.07. The monoisotopic (exact) mass is 437 g/mol. The Kier molecular flexibility index (Phi) is 6.07. The van der Waals surface area contributed by atoms with Crippen LogP contribution in [-0.4, -0.2) is 15.5 Å². The van der Waals surface area contributed by atoms with Crippen molar-refractivity contribution in [1.82, 2.24) is 14.9 Å². The molecule has 0 aliphatic heterocycles. The van der Waals surface area contributed by atoms with E-state index in [-0.39, 0.29) is 18.4 Å². The van der Waals surface area contributed by atoms with E-state index in [2.05, 4.69) is 9.88 Å². The summed E-state index contributed by atoms with van der Waals surface area (Å²) in [4.78, 5) is 17.4. The summed E-state index contributed by atoms with van der Waals surface area (Å²) in [7, 11) is 0. The molecule has 1 N–H and O–H groups in total. The van der Waals surface area contributed by atoms with E-state index < -0.39 is 0 Å². The molecule has 30 heavy (non-hydrogen) atoms. The van der Waals surface area contributed by atoms with Gasteiger partial charge in [0.05, 0.1) is 30.0 Å². The molecule has 1 atom stereocenters. The Hall–Kier alpha value is -2.82. The molecule has 3 aromatic carbocycles. The first kappa shape index (κ1) is 20.5. The van der Waals surface area contributed by atoms with Gasteiger partial charge >= 0.3 is 0 Å². The maximum absolute atomic E-state index is 12.6. The largest absolute Gasteiger partial charge is 0.346 e. The molecule has 0 bridgehead atoms. The van der Waals surface area contributed by atoms with E-state index >= 15 is 0 Å². The highest BCUT2D eigenvalue weighted by molar-refractivity contribution is 6.31. The van der Waals surface area contributed by atoms with Crippen molar-refractivity contribution in [2.75, 3.05) is 0 Å². The van der Waals surface area contributed by atoms with Crippen LogP contribution in [0, 0.1) is 0 Å². The molecule has 0 aliphatic carbocycles. The third kappa shape index (κ3) is 4.50. The molecule has 4 rings (SSSR count). The molecule has 0 aliphatic rings. The van der Waals surface area contributed by atoms with Gasteiger partial charge < -0.3 is 9.88 Å². The van der Waals surface area contributed by atoms with Crippen LogP contribution in [0.5, 0.6) is 0 Å². The zero-order chi connectivity index (χ0) is 21.1. The number of imidazole rings is 1. The Morgan fingerprint density at radius 2 is 1.70 bits per heavy atom. The number of fused-ring (bicyclic) bond motifs is 1. The van der Waals surface area contributed by atoms with Crippen molar-refractivity contribution in [3.63, 3.8) is 0 Å². The van der Waals surface area contributed by atoms with Crippen LogP contribution >= 0.6 is 23.2 Å². The van der Waals surface area contributed by atoms with Crippen LogP contribution < -0.4 is 5.32 Å². The Morgan fingerprint density at radius 1 is 1.00 bits per heavy atom. The van der Waals surface area contributed by atoms with E-state index in [4.69, 9.17) is 28.2 Å². The number of para-hydroxylation sites is 2. The van der Waals surface area contributed by atoms with E-state index in [0.717, 1.165) is 28.0 Å². The quantitative estimate of drug-likeness (QED) is 0.413. The van der Waals surface area contributed by atoms with Crippen molar-refractivity contribution in [1.29, 1.82) is 0 Å². The summed E-state index contributed by atoms with van der Waals surface area (Å²) < 4.78 is 2.11. The fourth-order valence-corrected chi connectivity index (χ4v) is 3.85. The van der Waals surface area contributed by atoms with Gasteiger partial charge in [-0.1, -0.05) is 65.7 Å². The molecule has 152 valence electrons. The topological polar surface area (TPSA) is 46.9 Å². The maximum atomic E-state index is 12.6. The van der Waals surface area contributed by atoms with E-state index in [1.807, 2.05) is 67.6 Å². The zero-order valence-corrected chi connectivity index (χ0v) is 18.0. The lowest BCUT2D eigenvalue weighted by atomic mass is 10.1. The van der Waals surface area contributed by atoms with Crippen LogP contribution in [0.25, 0.3) is 11.0 Å². The second kappa shape index (κ2) is 8.90. The molecular weight excluding hydrogens is 417 g/mol. The third-order valence-electron chi connectivity index (χ3n) is 5.01. The van der Waals surface area contributed by atoms with Crippen molar-refractivity contribution in [3.8, 4) is 0 Å². The molecule has 0 saturated heterocycles. The summed E-state index contributed by atoms with van der Waals surface area (Å²) in [6, 6.07) is 22.8.